The van der Waals surface area contributed by atoms with Gasteiger partial charge in [-0.1, -0.05) is 24.6 Å². The molecule has 0 spiro atoms. The SMILES string of the molecule is CCC1CCC(C)N1Cc1ccc(C#N)cc1Cl. The highest BCUT2D eigenvalue weighted by molar-refractivity contribution is 6.31. The summed E-state index contributed by atoms with van der Waals surface area (Å²) in [5.74, 6) is 0. The van der Waals surface area contributed by atoms with Gasteiger partial charge in [-0.2, -0.15) is 5.26 Å². The molecule has 1 aliphatic heterocycles. The summed E-state index contributed by atoms with van der Waals surface area (Å²) >= 11 is 6.25. The van der Waals surface area contributed by atoms with Gasteiger partial charge in [-0.15, -0.1) is 0 Å². The van der Waals surface area contributed by atoms with E-state index in [1.54, 1.807) is 6.07 Å². The largest absolute Gasteiger partial charge is 0.293 e. The monoisotopic (exact) mass is 262 g/mol. The third-order valence-corrected chi connectivity index (χ3v) is 4.31. The Morgan fingerprint density at radius 2 is 2.22 bits per heavy atom. The Morgan fingerprint density at radius 3 is 2.83 bits per heavy atom. The second-order valence-electron chi connectivity index (χ2n) is 5.08. The first kappa shape index (κ1) is 13.4. The molecule has 0 aromatic heterocycles. The minimum atomic E-state index is 0.627. The van der Waals surface area contributed by atoms with Gasteiger partial charge in [0.1, 0.15) is 0 Å². The second-order valence-corrected chi connectivity index (χ2v) is 5.49. The Labute approximate surface area is 114 Å². The second kappa shape index (κ2) is 5.73. The summed E-state index contributed by atoms with van der Waals surface area (Å²) in [7, 11) is 0. The third kappa shape index (κ3) is 2.68. The van der Waals surface area contributed by atoms with Crippen molar-refractivity contribution in [3.8, 4) is 6.07 Å². The Balaban J connectivity index is 2.16. The Kier molecular flexibility index (Phi) is 4.27. The molecule has 96 valence electrons. The minimum Gasteiger partial charge on any atom is -0.293 e. The molecule has 1 saturated heterocycles. The quantitative estimate of drug-likeness (QED) is 0.824. The summed E-state index contributed by atoms with van der Waals surface area (Å²) in [6, 6.07) is 9.02. The first-order valence-electron chi connectivity index (χ1n) is 6.60. The first-order chi connectivity index (χ1) is 8.65. The lowest BCUT2D eigenvalue weighted by atomic mass is 10.1. The highest BCUT2D eigenvalue weighted by atomic mass is 35.5. The molecule has 2 rings (SSSR count). The number of hydrogen-bond acceptors (Lipinski definition) is 2. The molecule has 1 heterocycles. The zero-order valence-corrected chi connectivity index (χ0v) is 11.7. The van der Waals surface area contributed by atoms with Gasteiger partial charge >= 0.3 is 0 Å². The van der Waals surface area contributed by atoms with Gasteiger partial charge in [0.25, 0.3) is 0 Å². The van der Waals surface area contributed by atoms with Crippen LogP contribution in [-0.4, -0.2) is 17.0 Å². The van der Waals surface area contributed by atoms with E-state index in [9.17, 15) is 0 Å². The maximum Gasteiger partial charge on any atom is 0.0992 e. The molecule has 2 nitrogen and oxygen atoms in total. The van der Waals surface area contributed by atoms with Gasteiger partial charge in [-0.25, -0.2) is 0 Å². The predicted molar refractivity (Wildman–Crippen MR) is 74.5 cm³/mol. The van der Waals surface area contributed by atoms with Crippen molar-refractivity contribution >= 4 is 11.6 Å². The molecule has 2 unspecified atom stereocenters. The number of rotatable bonds is 3. The molecule has 0 saturated carbocycles. The smallest absolute Gasteiger partial charge is 0.0992 e. The van der Waals surface area contributed by atoms with Gasteiger partial charge in [0.05, 0.1) is 11.6 Å². The molecule has 2 atom stereocenters. The summed E-state index contributed by atoms with van der Waals surface area (Å²) in [4.78, 5) is 2.53. The van der Waals surface area contributed by atoms with Gasteiger partial charge in [0, 0.05) is 23.7 Å². The van der Waals surface area contributed by atoms with Crippen molar-refractivity contribution in [2.75, 3.05) is 0 Å². The number of hydrogen-bond donors (Lipinski definition) is 0. The van der Waals surface area contributed by atoms with Crippen LogP contribution in [0.4, 0.5) is 0 Å². The van der Waals surface area contributed by atoms with E-state index in [1.165, 1.54) is 19.3 Å². The number of halogens is 1. The molecule has 0 N–H and O–H groups in total. The van der Waals surface area contributed by atoms with Crippen molar-refractivity contribution in [1.82, 2.24) is 4.90 Å². The normalized spacial score (nSPS) is 24.1. The molecular formula is C15H19ClN2. The van der Waals surface area contributed by atoms with Crippen molar-refractivity contribution in [2.45, 2.75) is 51.7 Å². The highest BCUT2D eigenvalue weighted by Gasteiger charge is 2.29. The zero-order valence-electron chi connectivity index (χ0n) is 11.0. The molecule has 1 aromatic carbocycles. The molecule has 0 amide bonds. The standard InChI is InChI=1S/C15H19ClN2/c1-3-14-7-4-11(2)18(14)10-13-6-5-12(9-17)8-15(13)16/h5-6,8,11,14H,3-4,7,10H2,1-2H3. The average Bonchev–Trinajstić information content (AvgIpc) is 2.73. The van der Waals surface area contributed by atoms with Crippen molar-refractivity contribution in [3.63, 3.8) is 0 Å². The topological polar surface area (TPSA) is 27.0 Å². The molecule has 0 bridgehead atoms. The highest BCUT2D eigenvalue weighted by Crippen LogP contribution is 2.29. The van der Waals surface area contributed by atoms with Crippen LogP contribution in [-0.2, 0) is 6.54 Å². The van der Waals surface area contributed by atoms with Crippen molar-refractivity contribution < 1.29 is 0 Å². The Bertz CT molecular complexity index is 464. The Hall–Kier alpha value is -1.04. The van der Waals surface area contributed by atoms with Gasteiger partial charge in [0.15, 0.2) is 0 Å². The van der Waals surface area contributed by atoms with Crippen LogP contribution in [0.25, 0.3) is 0 Å². The molecule has 0 aliphatic carbocycles. The van der Waals surface area contributed by atoms with E-state index >= 15 is 0 Å². The molecular weight excluding hydrogens is 244 g/mol. The minimum absolute atomic E-state index is 0.627. The van der Waals surface area contributed by atoms with E-state index in [1.807, 2.05) is 12.1 Å². The van der Waals surface area contributed by atoms with Gasteiger partial charge in [-0.3, -0.25) is 4.90 Å². The third-order valence-electron chi connectivity index (χ3n) is 3.96. The molecule has 1 fully saturated rings. The maximum atomic E-state index is 8.84. The lowest BCUT2D eigenvalue weighted by molar-refractivity contribution is 0.189. The predicted octanol–water partition coefficient (Wildman–Crippen LogP) is 3.97. The van der Waals surface area contributed by atoms with E-state index in [0.29, 0.717) is 22.7 Å². The van der Waals surface area contributed by atoms with Crippen LogP contribution in [0.3, 0.4) is 0 Å². The molecule has 1 aromatic rings. The molecule has 0 radical (unpaired) electrons. The van der Waals surface area contributed by atoms with E-state index in [4.69, 9.17) is 16.9 Å². The van der Waals surface area contributed by atoms with Crippen LogP contribution < -0.4 is 0 Å². The summed E-state index contributed by atoms with van der Waals surface area (Å²) in [5.41, 5.74) is 1.76. The molecule has 18 heavy (non-hydrogen) atoms. The van der Waals surface area contributed by atoms with Crippen LogP contribution in [0.5, 0.6) is 0 Å². The van der Waals surface area contributed by atoms with Gasteiger partial charge < -0.3 is 0 Å². The zero-order chi connectivity index (χ0) is 13.1. The van der Waals surface area contributed by atoms with E-state index < -0.39 is 0 Å². The van der Waals surface area contributed by atoms with Crippen molar-refractivity contribution in [2.24, 2.45) is 0 Å². The fourth-order valence-corrected chi connectivity index (χ4v) is 3.03. The molecule has 1 aliphatic rings. The van der Waals surface area contributed by atoms with Crippen LogP contribution in [0.15, 0.2) is 18.2 Å². The lowest BCUT2D eigenvalue weighted by Crippen LogP contribution is -2.33. The number of likely N-dealkylation sites (tertiary alicyclic amines) is 1. The number of benzene rings is 1. The Morgan fingerprint density at radius 1 is 1.44 bits per heavy atom. The fourth-order valence-electron chi connectivity index (χ4n) is 2.79. The van der Waals surface area contributed by atoms with E-state index in [2.05, 4.69) is 24.8 Å². The maximum absolute atomic E-state index is 8.84. The summed E-state index contributed by atoms with van der Waals surface area (Å²) in [6.07, 6.45) is 3.75. The van der Waals surface area contributed by atoms with Crippen LogP contribution in [0, 0.1) is 11.3 Å². The number of nitrogens with zero attached hydrogens (tertiary/aromatic N) is 2. The number of nitriles is 1. The van der Waals surface area contributed by atoms with Gasteiger partial charge in [0.2, 0.25) is 0 Å². The summed E-state index contributed by atoms with van der Waals surface area (Å²) in [5, 5.41) is 9.55. The van der Waals surface area contributed by atoms with Crippen molar-refractivity contribution in [3.05, 3.63) is 34.3 Å². The van der Waals surface area contributed by atoms with Gasteiger partial charge in [-0.05, 0) is 43.9 Å². The van der Waals surface area contributed by atoms with E-state index in [-0.39, 0.29) is 0 Å². The van der Waals surface area contributed by atoms with Crippen LogP contribution in [0.2, 0.25) is 5.02 Å². The molecule has 3 heteroatoms. The average molecular weight is 263 g/mol. The fraction of sp³-hybridized carbons (Fsp3) is 0.533. The van der Waals surface area contributed by atoms with Crippen molar-refractivity contribution in [1.29, 1.82) is 5.26 Å². The first-order valence-corrected chi connectivity index (χ1v) is 6.97. The lowest BCUT2D eigenvalue weighted by Gasteiger charge is -2.28. The van der Waals surface area contributed by atoms with Crippen LogP contribution >= 0.6 is 11.6 Å². The summed E-state index contributed by atoms with van der Waals surface area (Å²) < 4.78 is 0. The van der Waals surface area contributed by atoms with Crippen LogP contribution in [0.1, 0.15) is 44.2 Å². The summed E-state index contributed by atoms with van der Waals surface area (Å²) in [6.45, 7) is 5.42. The van der Waals surface area contributed by atoms with E-state index in [0.717, 1.165) is 12.1 Å².